The molecule has 2 nitrogen and oxygen atoms in total. The molecule has 0 aliphatic rings. The van der Waals surface area contributed by atoms with Crippen LogP contribution in [0.1, 0.15) is 31.2 Å². The van der Waals surface area contributed by atoms with Gasteiger partial charge in [-0.05, 0) is 6.42 Å². The zero-order chi connectivity index (χ0) is 8.27. The molecule has 11 heavy (non-hydrogen) atoms. The predicted octanol–water partition coefficient (Wildman–Crippen LogP) is 2.94. The van der Waals surface area contributed by atoms with Crippen LogP contribution in [0.5, 0.6) is 0 Å². The monoisotopic (exact) mass is 187 g/mol. The molecule has 4 heteroatoms. The molecule has 0 aromatic carbocycles. The first-order chi connectivity index (χ1) is 5.27. The maximum atomic E-state index is 4.07. The van der Waals surface area contributed by atoms with Gasteiger partial charge in [0.25, 0.3) is 0 Å². The molecule has 0 amide bonds. The van der Waals surface area contributed by atoms with Crippen molar-refractivity contribution in [3.8, 4) is 0 Å². The summed E-state index contributed by atoms with van der Waals surface area (Å²) < 4.78 is 0.959. The van der Waals surface area contributed by atoms with Gasteiger partial charge >= 0.3 is 0 Å². The van der Waals surface area contributed by atoms with Gasteiger partial charge in [-0.2, -0.15) is 0 Å². The van der Waals surface area contributed by atoms with Gasteiger partial charge in [-0.1, -0.05) is 36.9 Å². The highest BCUT2D eigenvalue weighted by atomic mass is 32.2. The average molecular weight is 187 g/mol. The third kappa shape index (κ3) is 2.17. The van der Waals surface area contributed by atoms with Crippen LogP contribution in [0.15, 0.2) is 4.34 Å². The maximum Gasteiger partial charge on any atom is 0.174 e. The van der Waals surface area contributed by atoms with Gasteiger partial charge in [0.15, 0.2) is 4.34 Å². The molecule has 61 valence electrons. The number of nitrogens with zero attached hydrogens (tertiary/aromatic N) is 2. The molecule has 1 rings (SSSR count). The van der Waals surface area contributed by atoms with Gasteiger partial charge in [0.1, 0.15) is 5.01 Å². The van der Waals surface area contributed by atoms with Gasteiger partial charge in [0.05, 0.1) is 0 Å². The predicted molar refractivity (Wildman–Crippen MR) is 49.8 cm³/mol. The van der Waals surface area contributed by atoms with Crippen molar-refractivity contribution in [2.45, 2.75) is 30.5 Å². The van der Waals surface area contributed by atoms with E-state index in [2.05, 4.69) is 30.3 Å². The summed E-state index contributed by atoms with van der Waals surface area (Å²) in [6.45, 7) is 4.32. The first-order valence-electron chi connectivity index (χ1n) is 3.53. The molecule has 0 fully saturated rings. The molecule has 0 aliphatic carbocycles. The van der Waals surface area contributed by atoms with Crippen molar-refractivity contribution in [1.82, 2.24) is 10.2 Å². The highest BCUT2D eigenvalue weighted by Crippen LogP contribution is 2.27. The van der Waals surface area contributed by atoms with E-state index < -0.39 is 0 Å². The van der Waals surface area contributed by atoms with Gasteiger partial charge < -0.3 is 0 Å². The maximum absolute atomic E-state index is 4.07. The van der Waals surface area contributed by atoms with Crippen LogP contribution in [0.4, 0.5) is 0 Å². The number of rotatable bonds is 3. The van der Waals surface area contributed by atoms with Crippen LogP contribution in [0.3, 0.4) is 0 Å². The minimum Gasteiger partial charge on any atom is -0.142 e. The molecular weight excluding hydrogens is 176 g/mol. The van der Waals surface area contributed by atoms with E-state index in [1.807, 2.05) is 0 Å². The highest BCUT2D eigenvalue weighted by Gasteiger charge is 2.08. The quantitative estimate of drug-likeness (QED) is 0.680. The smallest absolute Gasteiger partial charge is 0.142 e. The second-order valence-electron chi connectivity index (χ2n) is 2.36. The Morgan fingerprint density at radius 2 is 2.36 bits per heavy atom. The van der Waals surface area contributed by atoms with Crippen molar-refractivity contribution >= 4 is 23.1 Å². The molecule has 1 radical (unpaired) electrons. The number of thioether (sulfide) groups is 1. The van der Waals surface area contributed by atoms with Gasteiger partial charge in [-0.25, -0.2) is 0 Å². The Morgan fingerprint density at radius 3 is 2.82 bits per heavy atom. The summed E-state index contributed by atoms with van der Waals surface area (Å²) >= 11 is 3.06. The molecule has 0 saturated carbocycles. The van der Waals surface area contributed by atoms with Gasteiger partial charge in [-0.3, -0.25) is 0 Å². The van der Waals surface area contributed by atoms with E-state index in [1.165, 1.54) is 11.8 Å². The summed E-state index contributed by atoms with van der Waals surface area (Å²) in [6, 6.07) is 0. The van der Waals surface area contributed by atoms with Crippen molar-refractivity contribution in [3.63, 3.8) is 0 Å². The lowest BCUT2D eigenvalue weighted by Gasteiger charge is -1.99. The molecule has 1 unspecified atom stereocenters. The molecule has 0 N–H and O–H groups in total. The molecule has 1 atom stereocenters. The van der Waals surface area contributed by atoms with Gasteiger partial charge in [0.2, 0.25) is 0 Å². The fourth-order valence-electron chi connectivity index (χ4n) is 0.652. The lowest BCUT2D eigenvalue weighted by Crippen LogP contribution is -1.88. The number of hydrogen-bond donors (Lipinski definition) is 0. The van der Waals surface area contributed by atoms with E-state index in [9.17, 15) is 0 Å². The standard InChI is InChI=1S/C7H11N2S2/c1-4-5(2)6-8-9-7(10-3)11-6/h5H,3-4H2,1-2H3. The van der Waals surface area contributed by atoms with E-state index in [1.54, 1.807) is 11.3 Å². The molecule has 1 aromatic heterocycles. The largest absolute Gasteiger partial charge is 0.174 e. The molecule has 0 aliphatic heterocycles. The Kier molecular flexibility index (Phi) is 3.33. The molecular formula is C7H11N2S2. The minimum atomic E-state index is 0.536. The van der Waals surface area contributed by atoms with Crippen molar-refractivity contribution < 1.29 is 0 Å². The Hall–Kier alpha value is -0.0900. The zero-order valence-electron chi connectivity index (χ0n) is 6.70. The van der Waals surface area contributed by atoms with Crippen LogP contribution in [-0.2, 0) is 0 Å². The summed E-state index contributed by atoms with van der Waals surface area (Å²) in [5, 5.41) is 9.16. The van der Waals surface area contributed by atoms with Crippen LogP contribution in [0.2, 0.25) is 0 Å². The molecule has 0 spiro atoms. The lowest BCUT2D eigenvalue weighted by atomic mass is 10.1. The van der Waals surface area contributed by atoms with Crippen LogP contribution in [0, 0.1) is 6.26 Å². The normalized spacial score (nSPS) is 13.4. The average Bonchev–Trinajstić information content (AvgIpc) is 2.50. The number of aromatic nitrogens is 2. The fourth-order valence-corrected chi connectivity index (χ4v) is 1.95. The minimum absolute atomic E-state index is 0.536. The Bertz CT molecular complexity index is 222. The fraction of sp³-hybridized carbons (Fsp3) is 0.571. The number of hydrogen-bond acceptors (Lipinski definition) is 4. The van der Waals surface area contributed by atoms with Gasteiger partial charge in [0, 0.05) is 12.2 Å². The first kappa shape index (κ1) is 9.00. The summed E-state index contributed by atoms with van der Waals surface area (Å²) in [5.74, 6) is 0.536. The topological polar surface area (TPSA) is 25.8 Å². The van der Waals surface area contributed by atoms with E-state index in [-0.39, 0.29) is 0 Å². The molecule has 1 heterocycles. The van der Waals surface area contributed by atoms with Crippen LogP contribution in [0.25, 0.3) is 0 Å². The van der Waals surface area contributed by atoms with Crippen molar-refractivity contribution in [2.24, 2.45) is 0 Å². The van der Waals surface area contributed by atoms with Crippen molar-refractivity contribution in [2.75, 3.05) is 0 Å². The van der Waals surface area contributed by atoms with E-state index in [0.29, 0.717) is 5.92 Å². The molecule has 0 bridgehead atoms. The second-order valence-corrected chi connectivity index (χ2v) is 4.30. The zero-order valence-corrected chi connectivity index (χ0v) is 8.34. The molecule has 0 saturated heterocycles. The Labute approximate surface area is 75.4 Å². The van der Waals surface area contributed by atoms with Crippen LogP contribution in [-0.4, -0.2) is 10.2 Å². The third-order valence-electron chi connectivity index (χ3n) is 1.58. The van der Waals surface area contributed by atoms with Gasteiger partial charge in [-0.15, -0.1) is 10.2 Å². The Balaban J connectivity index is 2.71. The SMILES string of the molecule is [CH2]Sc1nnc(C(C)CC)s1. The highest BCUT2D eigenvalue weighted by molar-refractivity contribution is 8.02. The lowest BCUT2D eigenvalue weighted by molar-refractivity contribution is 0.712. The summed E-state index contributed by atoms with van der Waals surface area (Å²) in [5.41, 5.74) is 0. The van der Waals surface area contributed by atoms with Crippen molar-refractivity contribution in [3.05, 3.63) is 11.3 Å². The van der Waals surface area contributed by atoms with Crippen molar-refractivity contribution in [1.29, 1.82) is 0 Å². The van der Waals surface area contributed by atoms with E-state index in [4.69, 9.17) is 0 Å². The van der Waals surface area contributed by atoms with E-state index in [0.717, 1.165) is 15.8 Å². The van der Waals surface area contributed by atoms with E-state index >= 15 is 0 Å². The van der Waals surface area contributed by atoms with Crippen LogP contribution >= 0.6 is 23.1 Å². The Morgan fingerprint density at radius 1 is 1.64 bits per heavy atom. The summed E-state index contributed by atoms with van der Waals surface area (Å²) in [7, 11) is 0. The summed E-state index contributed by atoms with van der Waals surface area (Å²) in [4.78, 5) is 0. The third-order valence-corrected chi connectivity index (χ3v) is 3.46. The second kappa shape index (κ2) is 4.07. The first-order valence-corrected chi connectivity index (χ1v) is 5.33. The summed E-state index contributed by atoms with van der Waals surface area (Å²) in [6.07, 6.45) is 4.80. The van der Waals surface area contributed by atoms with Crippen LogP contribution < -0.4 is 0 Å². The molecule has 1 aromatic rings.